The number of rotatable bonds is 1. The predicted octanol–water partition coefficient (Wildman–Crippen LogP) is 2.61. The molecule has 0 spiro atoms. The van der Waals surface area contributed by atoms with Gasteiger partial charge in [0.2, 0.25) is 0 Å². The van der Waals surface area contributed by atoms with Crippen LogP contribution in [0.1, 0.15) is 33.7 Å². The van der Waals surface area contributed by atoms with Crippen molar-refractivity contribution < 1.29 is 0 Å². The average Bonchev–Trinajstić information content (AvgIpc) is 2.89. The van der Waals surface area contributed by atoms with E-state index in [9.17, 15) is 9.59 Å². The first kappa shape index (κ1) is 14.8. The largest absolute Gasteiger partial charge is 0.352 e. The molecule has 1 aromatic heterocycles. The van der Waals surface area contributed by atoms with Crippen LogP contribution in [0, 0.1) is 11.3 Å². The fourth-order valence-electron chi connectivity index (χ4n) is 5.54. The van der Waals surface area contributed by atoms with Crippen molar-refractivity contribution in [2.24, 2.45) is 11.3 Å². The Morgan fingerprint density at radius 2 is 1.68 bits per heavy atom. The van der Waals surface area contributed by atoms with Gasteiger partial charge in [-0.3, -0.25) is 0 Å². The zero-order valence-electron chi connectivity index (χ0n) is 14.9. The van der Waals surface area contributed by atoms with Gasteiger partial charge in [-0.15, -0.1) is 0 Å². The van der Waals surface area contributed by atoms with E-state index in [0.29, 0.717) is 5.69 Å². The Bertz CT molecular complexity index is 1100. The van der Waals surface area contributed by atoms with Crippen LogP contribution < -0.4 is 11.4 Å². The summed E-state index contributed by atoms with van der Waals surface area (Å²) >= 11 is 0. The van der Waals surface area contributed by atoms with Gasteiger partial charge >= 0.3 is 11.4 Å². The van der Waals surface area contributed by atoms with Crippen LogP contribution in [0.5, 0.6) is 0 Å². The molecule has 0 saturated carbocycles. The maximum atomic E-state index is 13.3. The lowest BCUT2D eigenvalue weighted by Crippen LogP contribution is -2.67. The molecule has 0 amide bonds. The number of hydrogen-bond acceptors (Lipinski definition) is 2. The van der Waals surface area contributed by atoms with Gasteiger partial charge in [-0.25, -0.2) is 23.5 Å². The zero-order valence-corrected chi connectivity index (χ0v) is 14.9. The van der Waals surface area contributed by atoms with Crippen LogP contribution >= 0.6 is 0 Å². The molecule has 5 nitrogen and oxygen atoms in total. The van der Waals surface area contributed by atoms with Gasteiger partial charge in [0.15, 0.2) is 0 Å². The lowest BCUT2D eigenvalue weighted by molar-refractivity contribution is -0.0328. The normalized spacial score (nSPS) is 34.7. The second kappa shape index (κ2) is 4.15. The van der Waals surface area contributed by atoms with Crippen LogP contribution in [-0.4, -0.2) is 13.9 Å². The van der Waals surface area contributed by atoms with Crippen molar-refractivity contribution in [3.05, 3.63) is 74.6 Å². The zero-order chi connectivity index (χ0) is 17.7. The monoisotopic (exact) mass is 335 g/mol. The Hall–Kier alpha value is -2.56. The Morgan fingerprint density at radius 1 is 1.00 bits per heavy atom. The highest BCUT2D eigenvalue weighted by Gasteiger charge is 2.66. The van der Waals surface area contributed by atoms with Crippen molar-refractivity contribution in [1.29, 1.82) is 0 Å². The summed E-state index contributed by atoms with van der Waals surface area (Å²) in [5, 5.41) is 0. The number of nitrogens with zero attached hydrogens (tertiary/aromatic N) is 3. The Kier molecular flexibility index (Phi) is 2.45. The summed E-state index contributed by atoms with van der Waals surface area (Å²) in [6.07, 6.45) is 4.23. The highest BCUT2D eigenvalue weighted by Crippen LogP contribution is 2.67. The van der Waals surface area contributed by atoms with Crippen LogP contribution in [0.15, 0.2) is 63.2 Å². The van der Waals surface area contributed by atoms with Gasteiger partial charge < -0.3 is 0 Å². The van der Waals surface area contributed by atoms with Gasteiger partial charge in [0, 0.05) is 11.3 Å². The fraction of sp³-hybridized carbons (Fsp3) is 0.400. The predicted molar refractivity (Wildman–Crippen MR) is 96.1 cm³/mol. The molecule has 128 valence electrons. The van der Waals surface area contributed by atoms with Crippen molar-refractivity contribution >= 4 is 0 Å². The highest BCUT2D eigenvalue weighted by atomic mass is 16.2. The molecule has 6 rings (SSSR count). The summed E-state index contributed by atoms with van der Waals surface area (Å²) in [6.45, 7) is 8.62. The molecule has 2 aliphatic carbocycles. The van der Waals surface area contributed by atoms with Crippen molar-refractivity contribution in [2.45, 2.75) is 39.3 Å². The number of hydrogen-bond donors (Lipinski definition) is 0. The molecule has 0 unspecified atom stereocenters. The first-order valence-electron chi connectivity index (χ1n) is 8.73. The van der Waals surface area contributed by atoms with Gasteiger partial charge in [-0.2, -0.15) is 0 Å². The molecule has 2 bridgehead atoms. The van der Waals surface area contributed by atoms with E-state index < -0.39 is 5.54 Å². The molecule has 5 heteroatoms. The number of allylic oxidation sites excluding steroid dienone is 4. The molecule has 3 heterocycles. The van der Waals surface area contributed by atoms with Gasteiger partial charge in [0.25, 0.3) is 0 Å². The third-order valence-electron chi connectivity index (χ3n) is 7.18. The van der Waals surface area contributed by atoms with Crippen LogP contribution in [-0.2, 0) is 5.54 Å². The molecular weight excluding hydrogens is 314 g/mol. The van der Waals surface area contributed by atoms with Gasteiger partial charge in [-0.1, -0.05) is 48.4 Å². The number of para-hydroxylation sites is 1. The summed E-state index contributed by atoms with van der Waals surface area (Å²) < 4.78 is 4.67. The molecule has 0 N–H and O–H groups in total. The summed E-state index contributed by atoms with van der Waals surface area (Å²) in [4.78, 5) is 26.5. The Balaban J connectivity index is 1.87. The lowest BCUT2D eigenvalue weighted by atomic mass is 9.45. The topological polar surface area (TPSA) is 48.9 Å². The maximum absolute atomic E-state index is 13.3. The summed E-state index contributed by atoms with van der Waals surface area (Å²) in [5.74, 6) is 0.270. The minimum atomic E-state index is -0.535. The Labute approximate surface area is 145 Å². The van der Waals surface area contributed by atoms with Crippen LogP contribution in [0.2, 0.25) is 0 Å². The molecule has 2 aliphatic heterocycles. The van der Waals surface area contributed by atoms with E-state index in [0.717, 1.165) is 0 Å². The molecular formula is C20H21N3O2. The van der Waals surface area contributed by atoms with Crippen molar-refractivity contribution in [3.8, 4) is 5.69 Å². The lowest BCUT2D eigenvalue weighted by Gasteiger charge is -2.65. The number of aromatic nitrogens is 3. The molecule has 4 atom stereocenters. The minimum absolute atomic E-state index is 0.0966. The third-order valence-corrected chi connectivity index (χ3v) is 7.18. The first-order valence-corrected chi connectivity index (χ1v) is 8.73. The molecule has 0 fully saturated rings. The van der Waals surface area contributed by atoms with Crippen molar-refractivity contribution in [3.63, 3.8) is 0 Å². The maximum Gasteiger partial charge on any atom is 0.352 e. The smallest absolute Gasteiger partial charge is 0.245 e. The van der Waals surface area contributed by atoms with E-state index in [1.165, 1.54) is 15.7 Å². The second-order valence-electron chi connectivity index (χ2n) is 7.88. The standard InChI is InChI=1S/C20H21N3O2/c1-12-13(2)20(4)16(12)15-10-11-19(20,3)23-18(25)21(17(24)22(15)23)14-8-6-5-7-9-14/h5-11,15-16H,1-4H3/t15-,16-,19-,20-/m1/s1. The summed E-state index contributed by atoms with van der Waals surface area (Å²) in [7, 11) is 0. The van der Waals surface area contributed by atoms with Gasteiger partial charge in [-0.05, 0) is 32.9 Å². The molecule has 4 aliphatic rings. The van der Waals surface area contributed by atoms with E-state index in [2.05, 4.69) is 39.8 Å². The van der Waals surface area contributed by atoms with E-state index in [1.807, 2.05) is 18.2 Å². The Morgan fingerprint density at radius 3 is 2.36 bits per heavy atom. The average molecular weight is 335 g/mol. The SMILES string of the molecule is CC1=C(C)[C@]2(C)[C@H]1[C@H]1C=C[C@@]2(C)n2c(=O)n(-c3ccccc3)c(=O)n21. The summed E-state index contributed by atoms with van der Waals surface area (Å²) in [6, 6.07) is 9.08. The number of benzene rings is 1. The van der Waals surface area contributed by atoms with Crippen molar-refractivity contribution in [1.82, 2.24) is 13.9 Å². The molecule has 0 saturated heterocycles. The van der Waals surface area contributed by atoms with Gasteiger partial charge in [0.05, 0.1) is 17.3 Å². The molecule has 0 radical (unpaired) electrons. The molecule has 1 aromatic carbocycles. The van der Waals surface area contributed by atoms with Crippen LogP contribution in [0.4, 0.5) is 0 Å². The van der Waals surface area contributed by atoms with E-state index >= 15 is 0 Å². The third kappa shape index (κ3) is 1.32. The molecule has 25 heavy (non-hydrogen) atoms. The fourth-order valence-corrected chi connectivity index (χ4v) is 5.54. The minimum Gasteiger partial charge on any atom is -0.245 e. The van der Waals surface area contributed by atoms with Crippen LogP contribution in [0.3, 0.4) is 0 Å². The quantitative estimate of drug-likeness (QED) is 0.752. The second-order valence-corrected chi connectivity index (χ2v) is 7.88. The highest BCUT2D eigenvalue weighted by molar-refractivity contribution is 5.47. The van der Waals surface area contributed by atoms with E-state index in [4.69, 9.17) is 0 Å². The van der Waals surface area contributed by atoms with E-state index in [1.54, 1.807) is 21.5 Å². The van der Waals surface area contributed by atoms with E-state index in [-0.39, 0.29) is 28.8 Å². The van der Waals surface area contributed by atoms with Gasteiger partial charge in [0.1, 0.15) is 0 Å². The first-order chi connectivity index (χ1) is 11.8. The summed E-state index contributed by atoms with van der Waals surface area (Å²) in [5.41, 5.74) is 2.13. The molecule has 2 aromatic rings. The van der Waals surface area contributed by atoms with Crippen molar-refractivity contribution in [2.75, 3.05) is 0 Å². The van der Waals surface area contributed by atoms with Crippen LogP contribution in [0.25, 0.3) is 5.69 Å².